The molecule has 19 heavy (non-hydrogen) atoms. The van der Waals surface area contributed by atoms with Crippen LogP contribution in [0, 0.1) is 5.92 Å². The van der Waals surface area contributed by atoms with E-state index in [9.17, 15) is 0 Å². The molecule has 1 fully saturated rings. The van der Waals surface area contributed by atoms with Gasteiger partial charge in [0, 0.05) is 11.8 Å². The second kappa shape index (κ2) is 7.58. The number of nitrogens with zero attached hydrogens (tertiary/aromatic N) is 2. The van der Waals surface area contributed by atoms with Gasteiger partial charge >= 0.3 is 0 Å². The van der Waals surface area contributed by atoms with Gasteiger partial charge in [-0.05, 0) is 25.2 Å². The van der Waals surface area contributed by atoms with E-state index >= 15 is 0 Å². The molecular weight excluding hydrogens is 258 g/mol. The van der Waals surface area contributed by atoms with Crippen molar-refractivity contribution in [3.63, 3.8) is 0 Å². The summed E-state index contributed by atoms with van der Waals surface area (Å²) in [6.07, 6.45) is 7.68. The van der Waals surface area contributed by atoms with Crippen LogP contribution in [0.25, 0.3) is 0 Å². The van der Waals surface area contributed by atoms with Gasteiger partial charge in [0.2, 0.25) is 5.88 Å². The van der Waals surface area contributed by atoms with E-state index in [0.717, 1.165) is 23.9 Å². The zero-order valence-corrected chi connectivity index (χ0v) is 12.4. The van der Waals surface area contributed by atoms with Crippen molar-refractivity contribution >= 4 is 17.6 Å². The third kappa shape index (κ3) is 4.90. The van der Waals surface area contributed by atoms with Crippen molar-refractivity contribution in [1.82, 2.24) is 9.97 Å². The monoisotopic (exact) mass is 281 g/mol. The van der Waals surface area contributed by atoms with Crippen molar-refractivity contribution < 1.29 is 4.74 Å². The number of nitrogens with two attached hydrogens (primary N) is 1. The van der Waals surface area contributed by atoms with Gasteiger partial charge in [-0.2, -0.15) is 4.98 Å². The molecule has 1 aliphatic rings. The molecule has 0 aliphatic heterocycles. The predicted octanol–water partition coefficient (Wildman–Crippen LogP) is 3.52. The highest BCUT2D eigenvalue weighted by atomic mass is 32.2. The first-order chi connectivity index (χ1) is 9.28. The molecule has 1 aromatic rings. The molecule has 5 heteroatoms. The van der Waals surface area contributed by atoms with E-state index < -0.39 is 0 Å². The van der Waals surface area contributed by atoms with Gasteiger partial charge in [-0.15, -0.1) is 0 Å². The minimum Gasteiger partial charge on any atom is -0.477 e. The SMILES string of the molecule is CCCSc1nc(N)cc(OCC2CCCCC2)n1. The maximum atomic E-state index is 5.80. The van der Waals surface area contributed by atoms with Crippen LogP contribution in [0.15, 0.2) is 11.2 Å². The Morgan fingerprint density at radius 2 is 2.11 bits per heavy atom. The molecule has 1 aliphatic carbocycles. The number of ether oxygens (including phenoxy) is 1. The van der Waals surface area contributed by atoms with Gasteiger partial charge in [0.15, 0.2) is 5.16 Å². The number of aromatic nitrogens is 2. The average molecular weight is 281 g/mol. The topological polar surface area (TPSA) is 61.0 Å². The highest BCUT2D eigenvalue weighted by Gasteiger charge is 2.14. The lowest BCUT2D eigenvalue weighted by atomic mass is 9.90. The molecular formula is C14H23N3OS. The molecule has 0 radical (unpaired) electrons. The van der Waals surface area contributed by atoms with Crippen LogP contribution in [0.4, 0.5) is 5.82 Å². The van der Waals surface area contributed by atoms with E-state index in [4.69, 9.17) is 10.5 Å². The third-order valence-corrected chi connectivity index (χ3v) is 4.38. The molecule has 0 aromatic carbocycles. The fourth-order valence-electron chi connectivity index (χ4n) is 2.31. The number of thioether (sulfide) groups is 1. The van der Waals surface area contributed by atoms with E-state index in [-0.39, 0.29) is 0 Å². The highest BCUT2D eigenvalue weighted by Crippen LogP contribution is 2.25. The summed E-state index contributed by atoms with van der Waals surface area (Å²) in [5.74, 6) is 2.80. The zero-order chi connectivity index (χ0) is 13.5. The van der Waals surface area contributed by atoms with Gasteiger partial charge in [0.05, 0.1) is 6.61 Å². The smallest absolute Gasteiger partial charge is 0.219 e. The quantitative estimate of drug-likeness (QED) is 0.638. The molecule has 0 amide bonds. The maximum absolute atomic E-state index is 5.80. The number of hydrogen-bond donors (Lipinski definition) is 1. The number of nitrogen functional groups attached to an aromatic ring is 1. The van der Waals surface area contributed by atoms with E-state index in [1.165, 1.54) is 32.1 Å². The van der Waals surface area contributed by atoms with Crippen molar-refractivity contribution in [2.24, 2.45) is 5.92 Å². The molecule has 0 bridgehead atoms. The van der Waals surface area contributed by atoms with E-state index in [1.807, 2.05) is 0 Å². The normalized spacial score (nSPS) is 16.5. The molecule has 1 heterocycles. The summed E-state index contributed by atoms with van der Waals surface area (Å²) in [4.78, 5) is 8.62. The zero-order valence-electron chi connectivity index (χ0n) is 11.6. The van der Waals surface area contributed by atoms with Crippen molar-refractivity contribution in [2.45, 2.75) is 50.6 Å². The van der Waals surface area contributed by atoms with Gasteiger partial charge in [-0.25, -0.2) is 4.98 Å². The Hall–Kier alpha value is -0.970. The Kier molecular flexibility index (Phi) is 5.76. The molecule has 1 saturated carbocycles. The Morgan fingerprint density at radius 1 is 1.32 bits per heavy atom. The molecule has 1 aromatic heterocycles. The van der Waals surface area contributed by atoms with Crippen molar-refractivity contribution in [3.8, 4) is 5.88 Å². The van der Waals surface area contributed by atoms with E-state index in [1.54, 1.807) is 17.8 Å². The van der Waals surface area contributed by atoms with Gasteiger partial charge in [0.25, 0.3) is 0 Å². The average Bonchev–Trinajstić information content (AvgIpc) is 2.43. The highest BCUT2D eigenvalue weighted by molar-refractivity contribution is 7.99. The molecule has 0 spiro atoms. The predicted molar refractivity (Wildman–Crippen MR) is 79.5 cm³/mol. The lowest BCUT2D eigenvalue weighted by Gasteiger charge is -2.21. The second-order valence-electron chi connectivity index (χ2n) is 5.08. The van der Waals surface area contributed by atoms with Crippen LogP contribution >= 0.6 is 11.8 Å². The minimum absolute atomic E-state index is 0.493. The fourth-order valence-corrected chi connectivity index (χ4v) is 3.02. The molecule has 2 N–H and O–H groups in total. The Labute approximate surface area is 119 Å². The first-order valence-electron chi connectivity index (χ1n) is 7.18. The van der Waals surface area contributed by atoms with Gasteiger partial charge < -0.3 is 10.5 Å². The molecule has 0 saturated heterocycles. The summed E-state index contributed by atoms with van der Waals surface area (Å²) in [5.41, 5.74) is 5.80. The largest absolute Gasteiger partial charge is 0.477 e. The lowest BCUT2D eigenvalue weighted by Crippen LogP contribution is -2.16. The van der Waals surface area contributed by atoms with Crippen LogP contribution in [0.2, 0.25) is 0 Å². The van der Waals surface area contributed by atoms with Crippen molar-refractivity contribution in [1.29, 1.82) is 0 Å². The van der Waals surface area contributed by atoms with E-state index in [0.29, 0.717) is 17.6 Å². The lowest BCUT2D eigenvalue weighted by molar-refractivity contribution is 0.201. The van der Waals surface area contributed by atoms with Gasteiger partial charge in [-0.1, -0.05) is 37.9 Å². The number of anilines is 1. The van der Waals surface area contributed by atoms with Gasteiger partial charge in [-0.3, -0.25) is 0 Å². The molecule has 0 atom stereocenters. The number of rotatable bonds is 6. The van der Waals surface area contributed by atoms with Gasteiger partial charge in [0.1, 0.15) is 5.82 Å². The molecule has 106 valence electrons. The summed E-state index contributed by atoms with van der Waals surface area (Å²) in [5, 5.41) is 0.723. The summed E-state index contributed by atoms with van der Waals surface area (Å²) in [7, 11) is 0. The minimum atomic E-state index is 0.493. The molecule has 2 rings (SSSR count). The Balaban J connectivity index is 1.89. The summed E-state index contributed by atoms with van der Waals surface area (Å²) >= 11 is 1.63. The van der Waals surface area contributed by atoms with E-state index in [2.05, 4.69) is 16.9 Å². The molecule has 4 nitrogen and oxygen atoms in total. The van der Waals surface area contributed by atoms with Crippen LogP contribution in [-0.4, -0.2) is 22.3 Å². The van der Waals surface area contributed by atoms with Crippen LogP contribution in [-0.2, 0) is 0 Å². The second-order valence-corrected chi connectivity index (χ2v) is 6.14. The summed E-state index contributed by atoms with van der Waals surface area (Å²) in [6, 6.07) is 1.72. The van der Waals surface area contributed by atoms with Crippen LogP contribution < -0.4 is 10.5 Å². The van der Waals surface area contributed by atoms with Crippen molar-refractivity contribution in [3.05, 3.63) is 6.07 Å². The number of hydrogen-bond acceptors (Lipinski definition) is 5. The summed E-state index contributed by atoms with van der Waals surface area (Å²) in [6.45, 7) is 2.90. The van der Waals surface area contributed by atoms with Crippen LogP contribution in [0.1, 0.15) is 45.4 Å². The van der Waals surface area contributed by atoms with Crippen LogP contribution in [0.5, 0.6) is 5.88 Å². The van der Waals surface area contributed by atoms with Crippen LogP contribution in [0.3, 0.4) is 0 Å². The maximum Gasteiger partial charge on any atom is 0.219 e. The first kappa shape index (κ1) is 14.4. The third-order valence-electron chi connectivity index (χ3n) is 3.33. The summed E-state index contributed by atoms with van der Waals surface area (Å²) < 4.78 is 5.80. The fraction of sp³-hybridized carbons (Fsp3) is 0.714. The Morgan fingerprint density at radius 3 is 2.84 bits per heavy atom. The first-order valence-corrected chi connectivity index (χ1v) is 8.16. The Bertz CT molecular complexity index is 394. The molecule has 0 unspecified atom stereocenters. The van der Waals surface area contributed by atoms with Crippen molar-refractivity contribution in [2.75, 3.05) is 18.1 Å². The standard InChI is InChI=1S/C14H23N3OS/c1-2-8-19-14-16-12(15)9-13(17-14)18-10-11-6-4-3-5-7-11/h9,11H,2-8,10H2,1H3,(H2,15,16,17).